The molecule has 29 heavy (non-hydrogen) atoms. The molecular weight excluding hydrogens is 390 g/mol. The van der Waals surface area contributed by atoms with Crippen molar-refractivity contribution in [3.8, 4) is 0 Å². The van der Waals surface area contributed by atoms with Crippen molar-refractivity contribution in [1.29, 1.82) is 0 Å². The molecular formula is C22H30ClN3O3. The number of nitrogens with zero attached hydrogens (tertiary/aromatic N) is 1. The van der Waals surface area contributed by atoms with Gasteiger partial charge in [0.05, 0.1) is 0 Å². The van der Waals surface area contributed by atoms with Crippen LogP contribution in [0.25, 0.3) is 0 Å². The number of carbonyl (C=O) groups excluding carboxylic acids is 3. The number of nitrogens with one attached hydrogen (secondary N) is 2. The number of rotatable bonds is 6. The Bertz CT molecular complexity index is 800. The van der Waals surface area contributed by atoms with Crippen LogP contribution >= 0.6 is 11.6 Å². The predicted molar refractivity (Wildman–Crippen MR) is 112 cm³/mol. The topological polar surface area (TPSA) is 78.5 Å². The number of amides is 4. The van der Waals surface area contributed by atoms with Crippen LogP contribution in [0, 0.1) is 11.3 Å². The molecule has 1 saturated carbocycles. The Kier molecular flexibility index (Phi) is 6.22. The first kappa shape index (κ1) is 21.6. The zero-order valence-electron chi connectivity index (χ0n) is 17.4. The van der Waals surface area contributed by atoms with E-state index in [1.165, 1.54) is 0 Å². The van der Waals surface area contributed by atoms with Crippen molar-refractivity contribution < 1.29 is 14.4 Å². The van der Waals surface area contributed by atoms with Crippen LogP contribution in [0.1, 0.15) is 58.4 Å². The summed E-state index contributed by atoms with van der Waals surface area (Å²) in [6.07, 6.45) is 4.15. The molecule has 1 aliphatic carbocycles. The fourth-order valence-electron chi connectivity index (χ4n) is 4.37. The first-order chi connectivity index (χ1) is 13.7. The summed E-state index contributed by atoms with van der Waals surface area (Å²) in [5, 5.41) is 6.18. The fourth-order valence-corrected chi connectivity index (χ4v) is 4.58. The lowest BCUT2D eigenvalue weighted by Gasteiger charge is -2.42. The number of urea groups is 1. The van der Waals surface area contributed by atoms with Crippen molar-refractivity contribution in [2.75, 3.05) is 6.54 Å². The molecule has 2 fully saturated rings. The van der Waals surface area contributed by atoms with E-state index in [-0.39, 0.29) is 30.3 Å². The van der Waals surface area contributed by atoms with Crippen molar-refractivity contribution in [2.45, 2.75) is 65.0 Å². The van der Waals surface area contributed by atoms with E-state index < -0.39 is 11.6 Å². The largest absolute Gasteiger partial charge is 0.350 e. The molecule has 1 aromatic carbocycles. The summed E-state index contributed by atoms with van der Waals surface area (Å²) < 4.78 is 0. The molecule has 1 aromatic rings. The molecule has 2 aliphatic rings. The SMILES string of the molecule is CCC(C)(C)C1CCC2(CC1)NC(=O)N(CC(=O)NCc1ccccc1Cl)C2=O. The molecule has 2 N–H and O–H groups in total. The van der Waals surface area contributed by atoms with Gasteiger partial charge in [0.25, 0.3) is 5.91 Å². The minimum atomic E-state index is -0.847. The van der Waals surface area contributed by atoms with E-state index in [0.29, 0.717) is 23.8 Å². The first-order valence-corrected chi connectivity index (χ1v) is 10.7. The Hall–Kier alpha value is -2.08. The number of hydrogen-bond acceptors (Lipinski definition) is 3. The van der Waals surface area contributed by atoms with Gasteiger partial charge in [0.15, 0.2) is 0 Å². The van der Waals surface area contributed by atoms with Crippen LogP contribution < -0.4 is 10.6 Å². The number of hydrogen-bond donors (Lipinski definition) is 2. The lowest BCUT2D eigenvalue weighted by atomic mass is 9.65. The summed E-state index contributed by atoms with van der Waals surface area (Å²) in [7, 11) is 0. The number of imide groups is 1. The van der Waals surface area contributed by atoms with Crippen molar-refractivity contribution in [2.24, 2.45) is 11.3 Å². The van der Waals surface area contributed by atoms with Gasteiger partial charge >= 0.3 is 6.03 Å². The number of halogens is 1. The standard InChI is InChI=1S/C22H30ClN3O3/c1-4-21(2,3)16-9-11-22(12-10-16)19(28)26(20(29)25-22)14-18(27)24-13-15-7-5-6-8-17(15)23/h5-8,16H,4,9-14H2,1-3H3,(H,24,27)(H,25,29). The molecule has 4 amide bonds. The molecule has 0 bridgehead atoms. The second kappa shape index (κ2) is 8.34. The van der Waals surface area contributed by atoms with Crippen molar-refractivity contribution in [3.63, 3.8) is 0 Å². The lowest BCUT2D eigenvalue weighted by Crippen LogP contribution is -2.51. The Morgan fingerprint density at radius 2 is 1.93 bits per heavy atom. The third kappa shape index (κ3) is 4.42. The van der Waals surface area contributed by atoms with Gasteiger partial charge in [-0.1, -0.05) is 57.0 Å². The van der Waals surface area contributed by atoms with Gasteiger partial charge in [-0.3, -0.25) is 14.5 Å². The van der Waals surface area contributed by atoms with Crippen LogP contribution in [0.3, 0.4) is 0 Å². The highest BCUT2D eigenvalue weighted by Gasteiger charge is 2.53. The average Bonchev–Trinajstić information content (AvgIpc) is 2.92. The quantitative estimate of drug-likeness (QED) is 0.687. The molecule has 6 nitrogen and oxygen atoms in total. The zero-order valence-corrected chi connectivity index (χ0v) is 18.1. The van der Waals surface area contributed by atoms with Crippen LogP contribution in [-0.2, 0) is 16.1 Å². The molecule has 0 radical (unpaired) electrons. The monoisotopic (exact) mass is 419 g/mol. The Morgan fingerprint density at radius 3 is 2.55 bits per heavy atom. The van der Waals surface area contributed by atoms with Crippen LogP contribution in [0.2, 0.25) is 5.02 Å². The molecule has 158 valence electrons. The van der Waals surface area contributed by atoms with Crippen LogP contribution in [0.5, 0.6) is 0 Å². The molecule has 0 unspecified atom stereocenters. The van der Waals surface area contributed by atoms with E-state index in [0.717, 1.165) is 29.7 Å². The van der Waals surface area contributed by atoms with Crippen LogP contribution in [0.4, 0.5) is 4.79 Å². The first-order valence-electron chi connectivity index (χ1n) is 10.3. The fraction of sp³-hybridized carbons (Fsp3) is 0.591. The molecule has 1 aliphatic heterocycles. The lowest BCUT2D eigenvalue weighted by molar-refractivity contribution is -0.136. The summed E-state index contributed by atoms with van der Waals surface area (Å²) in [6, 6.07) is 6.75. The second-order valence-electron chi connectivity index (χ2n) is 8.89. The van der Waals surface area contributed by atoms with E-state index >= 15 is 0 Å². The molecule has 1 heterocycles. The van der Waals surface area contributed by atoms with Gasteiger partial charge in [-0.15, -0.1) is 0 Å². The molecule has 3 rings (SSSR count). The molecule has 1 saturated heterocycles. The van der Waals surface area contributed by atoms with Crippen molar-refractivity contribution in [3.05, 3.63) is 34.9 Å². The summed E-state index contributed by atoms with van der Waals surface area (Å²) >= 11 is 6.10. The van der Waals surface area contributed by atoms with Crippen LogP contribution in [-0.4, -0.2) is 34.8 Å². The Balaban J connectivity index is 1.58. The van der Waals surface area contributed by atoms with E-state index in [4.69, 9.17) is 11.6 Å². The summed E-state index contributed by atoms with van der Waals surface area (Å²) in [4.78, 5) is 38.9. The van der Waals surface area contributed by atoms with E-state index in [9.17, 15) is 14.4 Å². The van der Waals surface area contributed by atoms with Gasteiger partial charge in [-0.05, 0) is 48.6 Å². The maximum Gasteiger partial charge on any atom is 0.325 e. The summed E-state index contributed by atoms with van der Waals surface area (Å²) in [6.45, 7) is 6.69. The smallest absolute Gasteiger partial charge is 0.325 e. The summed E-state index contributed by atoms with van der Waals surface area (Å²) in [5.41, 5.74) is 0.166. The van der Waals surface area contributed by atoms with E-state index in [1.54, 1.807) is 6.07 Å². The average molecular weight is 420 g/mol. The maximum atomic E-state index is 13.0. The normalized spacial score (nSPS) is 24.7. The maximum absolute atomic E-state index is 13.0. The number of benzene rings is 1. The van der Waals surface area contributed by atoms with Gasteiger partial charge in [0, 0.05) is 11.6 Å². The van der Waals surface area contributed by atoms with Gasteiger partial charge in [-0.25, -0.2) is 4.79 Å². The van der Waals surface area contributed by atoms with Gasteiger partial charge in [-0.2, -0.15) is 0 Å². The minimum absolute atomic E-state index is 0.228. The van der Waals surface area contributed by atoms with E-state index in [2.05, 4.69) is 31.4 Å². The molecule has 0 aromatic heterocycles. The van der Waals surface area contributed by atoms with Gasteiger partial charge in [0.2, 0.25) is 5.91 Å². The van der Waals surface area contributed by atoms with Crippen molar-refractivity contribution >= 4 is 29.4 Å². The third-order valence-corrected chi connectivity index (χ3v) is 7.21. The third-order valence-electron chi connectivity index (χ3n) is 6.84. The Morgan fingerprint density at radius 1 is 1.28 bits per heavy atom. The molecule has 0 atom stereocenters. The minimum Gasteiger partial charge on any atom is -0.350 e. The second-order valence-corrected chi connectivity index (χ2v) is 9.30. The molecule has 1 spiro atoms. The molecule has 7 heteroatoms. The predicted octanol–water partition coefficient (Wildman–Crippen LogP) is 3.87. The Labute approximate surface area is 177 Å². The van der Waals surface area contributed by atoms with Crippen LogP contribution in [0.15, 0.2) is 24.3 Å². The van der Waals surface area contributed by atoms with E-state index in [1.807, 2.05) is 18.2 Å². The highest BCUT2D eigenvalue weighted by molar-refractivity contribution is 6.31. The highest BCUT2D eigenvalue weighted by atomic mass is 35.5. The number of carbonyl (C=O) groups is 3. The zero-order chi connectivity index (χ0) is 21.2. The van der Waals surface area contributed by atoms with Crippen molar-refractivity contribution in [1.82, 2.24) is 15.5 Å². The van der Waals surface area contributed by atoms with Gasteiger partial charge in [0.1, 0.15) is 12.1 Å². The highest BCUT2D eigenvalue weighted by Crippen LogP contribution is 2.45. The summed E-state index contributed by atoms with van der Waals surface area (Å²) in [5.74, 6) is -0.120. The van der Waals surface area contributed by atoms with Gasteiger partial charge < -0.3 is 10.6 Å².